The van der Waals surface area contributed by atoms with Gasteiger partial charge in [0.1, 0.15) is 17.5 Å². The van der Waals surface area contributed by atoms with E-state index < -0.39 is 11.6 Å². The molecule has 5 heterocycles. The molecule has 0 bridgehead atoms. The van der Waals surface area contributed by atoms with Crippen LogP contribution in [0, 0.1) is 18.6 Å². The average molecular weight is 541 g/mol. The third kappa shape index (κ3) is 4.89. The molecule has 8 nitrogen and oxygen atoms in total. The van der Waals surface area contributed by atoms with Gasteiger partial charge in [-0.25, -0.2) is 23.7 Å². The number of hydrogen-bond acceptors (Lipinski definition) is 8. The molecule has 0 amide bonds. The van der Waals surface area contributed by atoms with Gasteiger partial charge in [-0.15, -0.1) is 0 Å². The van der Waals surface area contributed by atoms with Gasteiger partial charge in [-0.2, -0.15) is 0 Å². The van der Waals surface area contributed by atoms with Gasteiger partial charge in [0.2, 0.25) is 5.88 Å². The summed E-state index contributed by atoms with van der Waals surface area (Å²) in [5, 5.41) is 3.66. The van der Waals surface area contributed by atoms with E-state index in [0.717, 1.165) is 23.0 Å². The monoisotopic (exact) mass is 540 g/mol. The Morgan fingerprint density at radius 1 is 0.975 bits per heavy atom. The van der Waals surface area contributed by atoms with Gasteiger partial charge in [0, 0.05) is 72.6 Å². The predicted octanol–water partition coefficient (Wildman–Crippen LogP) is 5.93. The number of halogens is 2. The summed E-state index contributed by atoms with van der Waals surface area (Å²) in [6.45, 7) is 4.45. The number of morpholine rings is 1. The van der Waals surface area contributed by atoms with Crippen molar-refractivity contribution in [3.63, 3.8) is 0 Å². The summed E-state index contributed by atoms with van der Waals surface area (Å²) in [5.41, 5.74) is 4.64. The van der Waals surface area contributed by atoms with Crippen molar-refractivity contribution in [2.45, 2.75) is 6.92 Å². The minimum atomic E-state index is -0.712. The fourth-order valence-electron chi connectivity index (χ4n) is 4.85. The summed E-state index contributed by atoms with van der Waals surface area (Å²) >= 11 is 0. The summed E-state index contributed by atoms with van der Waals surface area (Å²) in [6.07, 6.45) is 5.12. The maximum absolute atomic E-state index is 15.4. The van der Waals surface area contributed by atoms with Gasteiger partial charge in [-0.05, 0) is 25.1 Å². The van der Waals surface area contributed by atoms with E-state index in [1.807, 2.05) is 31.2 Å². The zero-order valence-electron chi connectivity index (χ0n) is 22.0. The molecule has 1 fully saturated rings. The van der Waals surface area contributed by atoms with Crippen molar-refractivity contribution in [2.24, 2.45) is 0 Å². The summed E-state index contributed by atoms with van der Waals surface area (Å²) < 4.78 is 40.5. The van der Waals surface area contributed by atoms with E-state index >= 15 is 4.39 Å². The molecule has 0 spiro atoms. The number of rotatable bonds is 6. The normalized spacial score (nSPS) is 13.4. The van der Waals surface area contributed by atoms with E-state index in [9.17, 15) is 4.39 Å². The molecule has 1 saturated heterocycles. The van der Waals surface area contributed by atoms with Crippen LogP contribution in [0.4, 0.5) is 26.0 Å². The van der Waals surface area contributed by atoms with Crippen molar-refractivity contribution in [3.05, 3.63) is 84.3 Å². The highest BCUT2D eigenvalue weighted by Crippen LogP contribution is 2.39. The first-order valence-electron chi connectivity index (χ1n) is 12.8. The minimum Gasteiger partial charge on any atom is -0.481 e. The first kappa shape index (κ1) is 25.6. The molecule has 6 rings (SSSR count). The highest BCUT2D eigenvalue weighted by atomic mass is 19.1. The van der Waals surface area contributed by atoms with Crippen molar-refractivity contribution in [3.8, 4) is 28.4 Å². The lowest BCUT2D eigenvalue weighted by Gasteiger charge is -2.28. The molecule has 4 aromatic heterocycles. The molecule has 0 aliphatic carbocycles. The quantitative estimate of drug-likeness (QED) is 0.284. The molecule has 1 N–H and O–H groups in total. The molecule has 0 radical (unpaired) electrons. The Hall–Kier alpha value is -4.70. The van der Waals surface area contributed by atoms with E-state index in [1.54, 1.807) is 37.8 Å². The molecule has 0 saturated carbocycles. The van der Waals surface area contributed by atoms with Gasteiger partial charge in [-0.1, -0.05) is 6.07 Å². The van der Waals surface area contributed by atoms with Crippen molar-refractivity contribution in [1.82, 2.24) is 19.9 Å². The Bertz CT molecular complexity index is 1680. The Morgan fingerprint density at radius 3 is 2.55 bits per heavy atom. The number of nitrogens with one attached hydrogen (secondary N) is 1. The lowest BCUT2D eigenvalue weighted by Crippen LogP contribution is -2.36. The van der Waals surface area contributed by atoms with Crippen LogP contribution in [0.1, 0.15) is 5.56 Å². The highest BCUT2D eigenvalue weighted by Gasteiger charge is 2.21. The van der Waals surface area contributed by atoms with Crippen LogP contribution < -0.4 is 15.0 Å². The van der Waals surface area contributed by atoms with Crippen LogP contribution >= 0.6 is 0 Å². The summed E-state index contributed by atoms with van der Waals surface area (Å²) in [5.74, 6) is -0.182. The van der Waals surface area contributed by atoms with E-state index in [4.69, 9.17) is 14.5 Å². The summed E-state index contributed by atoms with van der Waals surface area (Å²) in [7, 11) is 1.56. The molecule has 0 atom stereocenters. The van der Waals surface area contributed by atoms with Crippen LogP contribution in [0.2, 0.25) is 0 Å². The van der Waals surface area contributed by atoms with Crippen molar-refractivity contribution >= 4 is 28.1 Å². The van der Waals surface area contributed by atoms with Gasteiger partial charge in [0.05, 0.1) is 54.0 Å². The van der Waals surface area contributed by atoms with Crippen LogP contribution in [-0.4, -0.2) is 53.3 Å². The lowest BCUT2D eigenvalue weighted by atomic mass is 10.0. The van der Waals surface area contributed by atoms with Crippen LogP contribution in [0.25, 0.3) is 33.4 Å². The zero-order valence-corrected chi connectivity index (χ0v) is 22.0. The number of methoxy groups -OCH3 is 1. The van der Waals surface area contributed by atoms with E-state index in [-0.39, 0.29) is 10.9 Å². The number of pyridine rings is 4. The fraction of sp³-hybridized carbons (Fsp3) is 0.200. The van der Waals surface area contributed by atoms with E-state index in [1.165, 1.54) is 6.07 Å². The Labute approximate surface area is 229 Å². The number of hydrogen-bond donors (Lipinski definition) is 1. The number of ether oxygens (including phenoxy) is 2. The lowest BCUT2D eigenvalue weighted by molar-refractivity contribution is 0.122. The second kappa shape index (κ2) is 10.8. The van der Waals surface area contributed by atoms with E-state index in [2.05, 4.69) is 25.2 Å². The molecule has 10 heteroatoms. The van der Waals surface area contributed by atoms with E-state index in [0.29, 0.717) is 60.5 Å². The third-order valence-electron chi connectivity index (χ3n) is 6.89. The van der Waals surface area contributed by atoms with Crippen LogP contribution in [0.15, 0.2) is 67.1 Å². The SMILES string of the molecule is COc1ccc(-c2cnc(N3CCOCC3)cc2Nc2c(C)c(-c3ccccn3)nc3cc(F)cc(F)c23)cn1. The Kier molecular flexibility index (Phi) is 6.91. The highest BCUT2D eigenvalue weighted by molar-refractivity contribution is 5.99. The fourth-order valence-corrected chi connectivity index (χ4v) is 4.85. The average Bonchev–Trinajstić information content (AvgIpc) is 2.99. The maximum atomic E-state index is 15.4. The van der Waals surface area contributed by atoms with Crippen molar-refractivity contribution in [1.29, 1.82) is 0 Å². The maximum Gasteiger partial charge on any atom is 0.212 e. The number of nitrogens with zero attached hydrogens (tertiary/aromatic N) is 5. The second-order valence-corrected chi connectivity index (χ2v) is 9.36. The minimum absolute atomic E-state index is 0.182. The van der Waals surface area contributed by atoms with Crippen LogP contribution in [-0.2, 0) is 4.74 Å². The number of fused-ring (bicyclic) bond motifs is 1. The number of aromatic nitrogens is 4. The standard InChI is InChI=1S/C30H26F2N6O2/c1-18-29(23-5-3-4-8-33-23)37-25-14-20(31)13-22(32)28(25)30(18)36-24-15-26(38-9-11-40-12-10-38)34-17-21(24)19-6-7-27(39-2)35-16-19/h3-8,13-17H,9-12H2,1-2H3,(H,34,36,37). The van der Waals surface area contributed by atoms with Gasteiger partial charge in [-0.3, -0.25) is 4.98 Å². The molecule has 5 aromatic rings. The van der Waals surface area contributed by atoms with Gasteiger partial charge < -0.3 is 19.7 Å². The first-order chi connectivity index (χ1) is 19.5. The molecule has 1 aromatic carbocycles. The van der Waals surface area contributed by atoms with Crippen LogP contribution in [0.3, 0.4) is 0 Å². The zero-order chi connectivity index (χ0) is 27.6. The molecule has 202 valence electrons. The largest absolute Gasteiger partial charge is 0.481 e. The van der Waals surface area contributed by atoms with Crippen molar-refractivity contribution in [2.75, 3.05) is 43.6 Å². The van der Waals surface area contributed by atoms with Gasteiger partial charge in [0.15, 0.2) is 0 Å². The Balaban J connectivity index is 1.55. The molecule has 1 aliphatic heterocycles. The molecular formula is C30H26F2N6O2. The number of benzene rings is 1. The van der Waals surface area contributed by atoms with Crippen LogP contribution in [0.5, 0.6) is 5.88 Å². The summed E-state index contributed by atoms with van der Waals surface area (Å²) in [6, 6.07) is 13.1. The topological polar surface area (TPSA) is 85.3 Å². The smallest absolute Gasteiger partial charge is 0.212 e. The third-order valence-corrected chi connectivity index (χ3v) is 6.89. The second-order valence-electron chi connectivity index (χ2n) is 9.36. The van der Waals surface area contributed by atoms with Gasteiger partial charge in [0.25, 0.3) is 0 Å². The van der Waals surface area contributed by atoms with Gasteiger partial charge >= 0.3 is 0 Å². The van der Waals surface area contributed by atoms with Crippen molar-refractivity contribution < 1.29 is 18.3 Å². The molecular weight excluding hydrogens is 514 g/mol. The summed E-state index contributed by atoms with van der Waals surface area (Å²) in [4.78, 5) is 20.3. The Morgan fingerprint density at radius 2 is 1.82 bits per heavy atom. The predicted molar refractivity (Wildman–Crippen MR) is 150 cm³/mol. The molecule has 0 unspecified atom stereocenters. The molecule has 1 aliphatic rings. The molecule has 40 heavy (non-hydrogen) atoms. The number of anilines is 3. The first-order valence-corrected chi connectivity index (χ1v) is 12.8.